The highest BCUT2D eigenvalue weighted by atomic mass is 16.6. The van der Waals surface area contributed by atoms with Gasteiger partial charge in [0, 0.05) is 58.4 Å². The lowest BCUT2D eigenvalue weighted by molar-refractivity contribution is -0.170. The predicted molar refractivity (Wildman–Crippen MR) is 278 cm³/mol. The second kappa shape index (κ2) is 46.4. The molecule has 0 spiro atoms. The van der Waals surface area contributed by atoms with Gasteiger partial charge in [-0.2, -0.15) is 0 Å². The van der Waals surface area contributed by atoms with Crippen molar-refractivity contribution in [3.05, 3.63) is 36.5 Å². The van der Waals surface area contributed by atoms with Crippen molar-refractivity contribution >= 4 is 23.9 Å². The summed E-state index contributed by atoms with van der Waals surface area (Å²) in [6, 6.07) is 0. The number of allylic oxidation sites excluding steroid dienone is 6. The molecule has 1 aliphatic heterocycles. The van der Waals surface area contributed by atoms with E-state index >= 15 is 0 Å². The van der Waals surface area contributed by atoms with Crippen molar-refractivity contribution in [1.82, 2.24) is 9.80 Å². The lowest BCUT2D eigenvalue weighted by atomic mass is 9.92. The Morgan fingerprint density at radius 1 is 0.382 bits per heavy atom. The number of rotatable bonds is 47. The van der Waals surface area contributed by atoms with Gasteiger partial charge in [-0.1, -0.05) is 154 Å². The molecule has 0 aromatic rings. The minimum absolute atomic E-state index is 0.151. The Morgan fingerprint density at radius 3 is 0.956 bits per heavy atom. The number of β-amino-alcohol motifs (C(OH)–C–C–N with tert-alkyl or cyclic N) is 1. The molecule has 394 valence electrons. The smallest absolute Gasteiger partial charge is 0.305 e. The van der Waals surface area contributed by atoms with Crippen LogP contribution in [-0.4, -0.2) is 111 Å². The van der Waals surface area contributed by atoms with E-state index in [1.54, 1.807) is 0 Å². The summed E-state index contributed by atoms with van der Waals surface area (Å²) in [6.07, 6.45) is 44.2. The van der Waals surface area contributed by atoms with Gasteiger partial charge in [-0.3, -0.25) is 24.1 Å². The maximum Gasteiger partial charge on any atom is 0.305 e. The molecular formula is C57H102N2O9. The number of carbonyl (C=O) groups excluding carboxylic acids is 4. The van der Waals surface area contributed by atoms with E-state index in [0.717, 1.165) is 148 Å². The van der Waals surface area contributed by atoms with E-state index in [4.69, 9.17) is 18.9 Å². The first kappa shape index (κ1) is 63.0. The molecule has 0 unspecified atom stereocenters. The van der Waals surface area contributed by atoms with Crippen LogP contribution in [0.15, 0.2) is 36.5 Å². The second-order valence-electron chi connectivity index (χ2n) is 19.4. The van der Waals surface area contributed by atoms with Crippen molar-refractivity contribution in [1.29, 1.82) is 0 Å². The van der Waals surface area contributed by atoms with Gasteiger partial charge in [0.1, 0.15) is 31.8 Å². The molecule has 0 bridgehead atoms. The normalized spacial score (nSPS) is 13.8. The van der Waals surface area contributed by atoms with Crippen LogP contribution in [0.4, 0.5) is 0 Å². The number of ether oxygens (including phenoxy) is 4. The molecule has 0 aromatic heterocycles. The topological polar surface area (TPSA) is 132 Å². The number of carbonyl (C=O) groups is 4. The maximum absolute atomic E-state index is 13.3. The molecule has 0 saturated carbocycles. The summed E-state index contributed by atoms with van der Waals surface area (Å²) in [5.41, 5.74) is -1.25. The lowest BCUT2D eigenvalue weighted by Crippen LogP contribution is -2.47. The standard InChI is InChI=1S/C57H102N2O9/c1-4-7-10-13-16-19-22-25-28-31-34-38-53(61)65-49-57(50-66-54(62)39-35-32-29-26-23-20-17-14-11-8-5-2,51-67-55(63)40-36-33-30-27-24-21-18-15-12-9-6-3)52-68-56(64)41-37-42-58-43-45-59(46-44-58)47-48-60/h13-18,60H,4-12,19-52H2,1-3H3/b16-13-,17-14-,18-15-. The zero-order valence-corrected chi connectivity index (χ0v) is 44.0. The molecule has 1 heterocycles. The minimum atomic E-state index is -1.25. The van der Waals surface area contributed by atoms with Crippen molar-refractivity contribution in [2.75, 3.05) is 72.3 Å². The molecule has 1 aliphatic rings. The number of hydrogen-bond acceptors (Lipinski definition) is 11. The van der Waals surface area contributed by atoms with Crippen molar-refractivity contribution in [2.24, 2.45) is 5.41 Å². The fourth-order valence-corrected chi connectivity index (χ4v) is 8.16. The van der Waals surface area contributed by atoms with Crippen LogP contribution in [0.1, 0.15) is 226 Å². The molecule has 0 aromatic carbocycles. The first-order valence-corrected chi connectivity index (χ1v) is 27.9. The Morgan fingerprint density at radius 2 is 0.647 bits per heavy atom. The second-order valence-corrected chi connectivity index (χ2v) is 19.4. The van der Waals surface area contributed by atoms with Crippen LogP contribution in [0, 0.1) is 5.41 Å². The Kier molecular flexibility index (Phi) is 43.0. The molecule has 0 amide bonds. The fourth-order valence-electron chi connectivity index (χ4n) is 8.16. The van der Waals surface area contributed by atoms with Crippen molar-refractivity contribution in [3.8, 4) is 0 Å². The van der Waals surface area contributed by atoms with E-state index in [-0.39, 0.29) is 76.6 Å². The zero-order valence-electron chi connectivity index (χ0n) is 44.0. The van der Waals surface area contributed by atoms with Gasteiger partial charge in [0.05, 0.1) is 6.61 Å². The van der Waals surface area contributed by atoms with Gasteiger partial charge in [-0.15, -0.1) is 0 Å². The molecule has 1 rings (SSSR count). The molecule has 1 saturated heterocycles. The van der Waals surface area contributed by atoms with E-state index in [0.29, 0.717) is 32.2 Å². The van der Waals surface area contributed by atoms with Gasteiger partial charge in [0.15, 0.2) is 0 Å². The van der Waals surface area contributed by atoms with Gasteiger partial charge >= 0.3 is 23.9 Å². The average molecular weight is 959 g/mol. The van der Waals surface area contributed by atoms with Crippen LogP contribution in [0.3, 0.4) is 0 Å². The van der Waals surface area contributed by atoms with E-state index in [2.05, 4.69) is 67.0 Å². The summed E-state index contributed by atoms with van der Waals surface area (Å²) < 4.78 is 23.5. The van der Waals surface area contributed by atoms with Gasteiger partial charge in [-0.25, -0.2) is 0 Å². The zero-order chi connectivity index (χ0) is 49.4. The van der Waals surface area contributed by atoms with Crippen LogP contribution in [0.5, 0.6) is 0 Å². The Bertz CT molecular complexity index is 1190. The quantitative estimate of drug-likeness (QED) is 0.0271. The molecule has 0 aliphatic carbocycles. The molecular weight excluding hydrogens is 857 g/mol. The highest BCUT2D eigenvalue weighted by Crippen LogP contribution is 2.24. The third-order valence-electron chi connectivity index (χ3n) is 12.8. The van der Waals surface area contributed by atoms with Crippen molar-refractivity contribution in [2.45, 2.75) is 226 Å². The van der Waals surface area contributed by atoms with E-state index in [1.807, 2.05) is 0 Å². The average Bonchev–Trinajstić information content (AvgIpc) is 3.34. The minimum Gasteiger partial charge on any atom is -0.465 e. The first-order valence-electron chi connectivity index (χ1n) is 27.9. The molecule has 0 radical (unpaired) electrons. The number of aliphatic hydroxyl groups is 1. The summed E-state index contributed by atoms with van der Waals surface area (Å²) in [7, 11) is 0. The summed E-state index contributed by atoms with van der Waals surface area (Å²) in [5, 5.41) is 9.28. The number of aliphatic hydroxyl groups excluding tert-OH is 1. The summed E-state index contributed by atoms with van der Waals surface area (Å²) in [6.45, 7) is 10.9. The van der Waals surface area contributed by atoms with Crippen LogP contribution in [0.25, 0.3) is 0 Å². The third-order valence-corrected chi connectivity index (χ3v) is 12.8. The number of hydrogen-bond donors (Lipinski definition) is 1. The van der Waals surface area contributed by atoms with E-state index in [9.17, 15) is 24.3 Å². The highest BCUT2D eigenvalue weighted by Gasteiger charge is 2.38. The fraction of sp³-hybridized carbons (Fsp3) is 0.825. The van der Waals surface area contributed by atoms with Gasteiger partial charge < -0.3 is 29.0 Å². The Hall–Kier alpha value is -3.02. The number of unbranched alkanes of at least 4 members (excludes halogenated alkanes) is 21. The summed E-state index contributed by atoms with van der Waals surface area (Å²) in [5.74, 6) is -1.51. The molecule has 11 nitrogen and oxygen atoms in total. The van der Waals surface area contributed by atoms with E-state index in [1.165, 1.54) is 38.5 Å². The SMILES string of the molecule is CCCC/C=C\CCCCCCCC(=O)OCC(COC(=O)CCCCCCC/C=C\CCCC)(COC(=O)CCCCCCC/C=C\CCCC)COC(=O)CCCN1CCN(CCO)CC1. The summed E-state index contributed by atoms with van der Waals surface area (Å²) in [4.78, 5) is 57.4. The molecule has 1 N–H and O–H groups in total. The molecule has 68 heavy (non-hydrogen) atoms. The lowest BCUT2D eigenvalue weighted by Gasteiger charge is -2.34. The Balaban J connectivity index is 2.89. The molecule has 0 atom stereocenters. The number of piperazine rings is 1. The third kappa shape index (κ3) is 38.8. The number of esters is 4. The predicted octanol–water partition coefficient (Wildman–Crippen LogP) is 13.0. The van der Waals surface area contributed by atoms with E-state index < -0.39 is 11.4 Å². The van der Waals surface area contributed by atoms with Crippen molar-refractivity contribution < 1.29 is 43.2 Å². The van der Waals surface area contributed by atoms with Crippen LogP contribution >= 0.6 is 0 Å². The summed E-state index contributed by atoms with van der Waals surface area (Å²) >= 11 is 0. The molecule has 1 fully saturated rings. The Labute approximate surface area is 416 Å². The van der Waals surface area contributed by atoms with Gasteiger partial charge in [-0.05, 0) is 90.0 Å². The van der Waals surface area contributed by atoms with Crippen LogP contribution in [-0.2, 0) is 38.1 Å². The van der Waals surface area contributed by atoms with Crippen LogP contribution < -0.4 is 0 Å². The van der Waals surface area contributed by atoms with Gasteiger partial charge in [0.2, 0.25) is 0 Å². The monoisotopic (exact) mass is 959 g/mol. The van der Waals surface area contributed by atoms with Crippen LogP contribution in [0.2, 0.25) is 0 Å². The maximum atomic E-state index is 13.3. The number of nitrogens with zero attached hydrogens (tertiary/aromatic N) is 2. The highest BCUT2D eigenvalue weighted by molar-refractivity contribution is 5.71. The molecule has 11 heteroatoms. The largest absolute Gasteiger partial charge is 0.465 e. The first-order chi connectivity index (χ1) is 33.3. The van der Waals surface area contributed by atoms with Gasteiger partial charge in [0.25, 0.3) is 0 Å². The van der Waals surface area contributed by atoms with Crippen molar-refractivity contribution in [3.63, 3.8) is 0 Å².